The van der Waals surface area contributed by atoms with Crippen molar-refractivity contribution in [1.82, 2.24) is 15.5 Å². The van der Waals surface area contributed by atoms with Crippen molar-refractivity contribution < 1.29 is 4.42 Å². The van der Waals surface area contributed by atoms with Gasteiger partial charge in [-0.05, 0) is 60.3 Å². The average Bonchev–Trinajstić information content (AvgIpc) is 2.99. The van der Waals surface area contributed by atoms with Crippen molar-refractivity contribution in [2.45, 2.75) is 38.6 Å². The van der Waals surface area contributed by atoms with Gasteiger partial charge in [0.05, 0.1) is 8.66 Å². The molecular formula is C13H16BrN3OS. The number of thiophene rings is 1. The highest BCUT2D eigenvalue weighted by Crippen LogP contribution is 2.33. The number of hydrogen-bond acceptors (Lipinski definition) is 5. The molecule has 3 rings (SSSR count). The third-order valence-corrected chi connectivity index (χ3v) is 5.24. The summed E-state index contributed by atoms with van der Waals surface area (Å²) in [6, 6.07) is 2.84. The number of nitrogens with one attached hydrogen (secondary N) is 1. The van der Waals surface area contributed by atoms with E-state index in [1.165, 1.54) is 18.4 Å². The summed E-state index contributed by atoms with van der Waals surface area (Å²) in [5.74, 6) is 1.36. The molecule has 0 aliphatic heterocycles. The molecule has 0 spiro atoms. The molecule has 0 atom stereocenters. The quantitative estimate of drug-likeness (QED) is 0.816. The molecule has 1 saturated carbocycles. The summed E-state index contributed by atoms with van der Waals surface area (Å²) in [4.78, 5) is 1.03. The van der Waals surface area contributed by atoms with E-state index in [1.54, 1.807) is 11.3 Å². The summed E-state index contributed by atoms with van der Waals surface area (Å²) < 4.78 is 6.82. The van der Waals surface area contributed by atoms with Crippen LogP contribution in [0.1, 0.15) is 30.7 Å². The van der Waals surface area contributed by atoms with Crippen LogP contribution in [0.5, 0.6) is 0 Å². The molecule has 1 N–H and O–H groups in total. The highest BCUT2D eigenvalue weighted by molar-refractivity contribution is 9.11. The molecule has 2 aromatic heterocycles. The minimum Gasteiger partial charge on any atom is -0.420 e. The normalized spacial score (nSPS) is 15.1. The van der Waals surface area contributed by atoms with E-state index in [-0.39, 0.29) is 0 Å². The van der Waals surface area contributed by atoms with Gasteiger partial charge < -0.3 is 9.73 Å². The maximum atomic E-state index is 5.70. The molecule has 0 unspecified atom stereocenters. The SMILES string of the molecule is Cc1cc(-c2nnc(CCCNC3CC3)o2)sc1Br. The lowest BCUT2D eigenvalue weighted by molar-refractivity contribution is 0.491. The molecule has 102 valence electrons. The number of rotatable bonds is 6. The molecule has 2 aromatic rings. The molecule has 4 nitrogen and oxygen atoms in total. The van der Waals surface area contributed by atoms with Gasteiger partial charge in [0, 0.05) is 12.5 Å². The van der Waals surface area contributed by atoms with Gasteiger partial charge in [-0.1, -0.05) is 0 Å². The molecule has 0 saturated heterocycles. The van der Waals surface area contributed by atoms with E-state index in [1.807, 2.05) is 0 Å². The van der Waals surface area contributed by atoms with Crippen LogP contribution in [0.15, 0.2) is 14.3 Å². The van der Waals surface area contributed by atoms with Gasteiger partial charge in [0.2, 0.25) is 5.89 Å². The number of aryl methyl sites for hydroxylation is 2. The molecule has 0 radical (unpaired) electrons. The minimum atomic E-state index is 0.629. The first kappa shape index (κ1) is 13.3. The lowest BCUT2D eigenvalue weighted by Gasteiger charge is -1.99. The largest absolute Gasteiger partial charge is 0.420 e. The lowest BCUT2D eigenvalue weighted by atomic mass is 10.3. The molecule has 1 fully saturated rings. The van der Waals surface area contributed by atoms with Crippen LogP contribution < -0.4 is 5.32 Å². The third-order valence-electron chi connectivity index (χ3n) is 3.11. The second kappa shape index (κ2) is 5.73. The summed E-state index contributed by atoms with van der Waals surface area (Å²) in [5.41, 5.74) is 1.20. The molecule has 6 heteroatoms. The van der Waals surface area contributed by atoms with Crippen molar-refractivity contribution >= 4 is 27.3 Å². The zero-order chi connectivity index (χ0) is 13.2. The maximum absolute atomic E-state index is 5.70. The zero-order valence-electron chi connectivity index (χ0n) is 10.8. The van der Waals surface area contributed by atoms with Gasteiger partial charge in [0.1, 0.15) is 0 Å². The van der Waals surface area contributed by atoms with Crippen molar-refractivity contribution in [2.75, 3.05) is 6.54 Å². The Balaban J connectivity index is 1.55. The highest BCUT2D eigenvalue weighted by atomic mass is 79.9. The summed E-state index contributed by atoms with van der Waals surface area (Å²) in [6.45, 7) is 3.09. The summed E-state index contributed by atoms with van der Waals surface area (Å²) >= 11 is 5.14. The summed E-state index contributed by atoms with van der Waals surface area (Å²) in [7, 11) is 0. The minimum absolute atomic E-state index is 0.629. The Kier molecular flexibility index (Phi) is 4.00. The van der Waals surface area contributed by atoms with Crippen LogP contribution in [0.4, 0.5) is 0 Å². The van der Waals surface area contributed by atoms with Gasteiger partial charge in [0.15, 0.2) is 0 Å². The van der Waals surface area contributed by atoms with Crippen molar-refractivity contribution in [1.29, 1.82) is 0 Å². The number of aromatic nitrogens is 2. The van der Waals surface area contributed by atoms with Crippen LogP contribution in [0.2, 0.25) is 0 Å². The molecule has 0 bridgehead atoms. The number of nitrogens with zero attached hydrogens (tertiary/aromatic N) is 2. The fourth-order valence-electron chi connectivity index (χ4n) is 1.85. The van der Waals surface area contributed by atoms with Crippen molar-refractivity contribution in [3.8, 4) is 10.8 Å². The van der Waals surface area contributed by atoms with Crippen LogP contribution in [0.25, 0.3) is 10.8 Å². The average molecular weight is 342 g/mol. The van der Waals surface area contributed by atoms with E-state index >= 15 is 0 Å². The first-order valence-electron chi connectivity index (χ1n) is 6.54. The Labute approximate surface area is 124 Å². The van der Waals surface area contributed by atoms with Crippen LogP contribution >= 0.6 is 27.3 Å². The Morgan fingerprint density at radius 1 is 1.47 bits per heavy atom. The molecule has 0 amide bonds. The first-order chi connectivity index (χ1) is 9.22. The van der Waals surface area contributed by atoms with Gasteiger partial charge in [-0.2, -0.15) is 0 Å². The molecule has 2 heterocycles. The van der Waals surface area contributed by atoms with Crippen LogP contribution in [0, 0.1) is 6.92 Å². The fraction of sp³-hybridized carbons (Fsp3) is 0.538. The van der Waals surface area contributed by atoms with Gasteiger partial charge in [-0.25, -0.2) is 0 Å². The van der Waals surface area contributed by atoms with Gasteiger partial charge in [-0.3, -0.25) is 0 Å². The van der Waals surface area contributed by atoms with E-state index in [0.717, 1.165) is 40.0 Å². The van der Waals surface area contributed by atoms with Crippen molar-refractivity contribution in [3.63, 3.8) is 0 Å². The van der Waals surface area contributed by atoms with Gasteiger partial charge >= 0.3 is 0 Å². The third kappa shape index (κ3) is 3.43. The molecule has 1 aliphatic rings. The van der Waals surface area contributed by atoms with Crippen LogP contribution in [-0.2, 0) is 6.42 Å². The Morgan fingerprint density at radius 3 is 3.00 bits per heavy atom. The predicted molar refractivity (Wildman–Crippen MR) is 79.4 cm³/mol. The van der Waals surface area contributed by atoms with E-state index in [2.05, 4.69) is 44.4 Å². The second-order valence-corrected chi connectivity index (χ2v) is 7.27. The topological polar surface area (TPSA) is 51.0 Å². The molecule has 1 aliphatic carbocycles. The van der Waals surface area contributed by atoms with Crippen LogP contribution in [0.3, 0.4) is 0 Å². The highest BCUT2D eigenvalue weighted by Gasteiger charge is 2.19. The fourth-order valence-corrected chi connectivity index (χ4v) is 3.31. The van der Waals surface area contributed by atoms with Crippen molar-refractivity contribution in [3.05, 3.63) is 21.3 Å². The monoisotopic (exact) mass is 341 g/mol. The standard InChI is InChI=1S/C13H16BrN3OS/c1-8-7-10(19-12(8)14)13-17-16-11(18-13)3-2-6-15-9-4-5-9/h7,9,15H,2-6H2,1H3. The molecule has 0 aromatic carbocycles. The van der Waals surface area contributed by atoms with E-state index < -0.39 is 0 Å². The van der Waals surface area contributed by atoms with Crippen LogP contribution in [-0.4, -0.2) is 22.8 Å². The maximum Gasteiger partial charge on any atom is 0.257 e. The first-order valence-corrected chi connectivity index (χ1v) is 8.15. The summed E-state index contributed by atoms with van der Waals surface area (Å²) in [5, 5.41) is 11.7. The van der Waals surface area contributed by atoms with Gasteiger partial charge in [0.25, 0.3) is 5.89 Å². The second-order valence-electron chi connectivity index (χ2n) is 4.90. The van der Waals surface area contributed by atoms with Crippen molar-refractivity contribution in [2.24, 2.45) is 0 Å². The smallest absolute Gasteiger partial charge is 0.257 e. The number of hydrogen-bond donors (Lipinski definition) is 1. The lowest BCUT2D eigenvalue weighted by Crippen LogP contribution is -2.17. The van der Waals surface area contributed by atoms with Gasteiger partial charge in [-0.15, -0.1) is 21.5 Å². The Morgan fingerprint density at radius 2 is 2.32 bits per heavy atom. The van der Waals surface area contributed by atoms with E-state index in [0.29, 0.717) is 5.89 Å². The predicted octanol–water partition coefficient (Wildman–Crippen LogP) is 3.55. The molecule has 19 heavy (non-hydrogen) atoms. The Bertz CT molecular complexity index is 542. The number of halogens is 1. The zero-order valence-corrected chi connectivity index (χ0v) is 13.2. The Hall–Kier alpha value is -0.720. The molecular weight excluding hydrogens is 326 g/mol. The van der Waals surface area contributed by atoms with E-state index in [4.69, 9.17) is 4.42 Å². The van der Waals surface area contributed by atoms with E-state index in [9.17, 15) is 0 Å². The summed E-state index contributed by atoms with van der Waals surface area (Å²) in [6.07, 6.45) is 4.55.